The van der Waals surface area contributed by atoms with Crippen molar-refractivity contribution in [3.8, 4) is 5.82 Å². The zero-order chi connectivity index (χ0) is 17.2. The van der Waals surface area contributed by atoms with Gasteiger partial charge >= 0.3 is 0 Å². The molecule has 0 fully saturated rings. The van der Waals surface area contributed by atoms with Gasteiger partial charge in [0, 0.05) is 11.6 Å². The van der Waals surface area contributed by atoms with Crippen molar-refractivity contribution >= 4 is 34.1 Å². The Kier molecular flexibility index (Phi) is 3.95. The van der Waals surface area contributed by atoms with Gasteiger partial charge in [-0.2, -0.15) is 0 Å². The Hall–Kier alpha value is -3.12. The van der Waals surface area contributed by atoms with Crippen molar-refractivity contribution in [3.05, 3.63) is 71.8 Å². The third kappa shape index (κ3) is 2.99. The molecule has 4 rings (SSSR count). The molecule has 0 saturated heterocycles. The van der Waals surface area contributed by atoms with Crippen LogP contribution >= 0.6 is 11.6 Å². The van der Waals surface area contributed by atoms with E-state index in [0.717, 1.165) is 16.6 Å². The van der Waals surface area contributed by atoms with Crippen molar-refractivity contribution in [2.75, 3.05) is 11.1 Å². The summed E-state index contributed by atoms with van der Waals surface area (Å²) in [5.41, 5.74) is 9.68. The first kappa shape index (κ1) is 15.4. The van der Waals surface area contributed by atoms with E-state index < -0.39 is 0 Å². The average Bonchev–Trinajstić information content (AvgIpc) is 3.06. The molecule has 0 aliphatic heterocycles. The molecule has 0 amide bonds. The maximum absolute atomic E-state index is 6.30. The van der Waals surface area contributed by atoms with Crippen molar-refractivity contribution < 1.29 is 0 Å². The van der Waals surface area contributed by atoms with Crippen LogP contribution in [0.2, 0.25) is 5.02 Å². The lowest BCUT2D eigenvalue weighted by Crippen LogP contribution is -2.09. The Labute approximate surface area is 149 Å². The van der Waals surface area contributed by atoms with E-state index in [9.17, 15) is 0 Å². The van der Waals surface area contributed by atoms with Gasteiger partial charge in [-0.3, -0.25) is 4.57 Å². The van der Waals surface area contributed by atoms with Gasteiger partial charge in [0.25, 0.3) is 0 Å². The van der Waals surface area contributed by atoms with Crippen LogP contribution in [0, 0.1) is 0 Å². The fourth-order valence-corrected chi connectivity index (χ4v) is 2.76. The van der Waals surface area contributed by atoms with Crippen molar-refractivity contribution in [1.82, 2.24) is 19.5 Å². The molecule has 0 aliphatic rings. The molecule has 2 aromatic heterocycles. The quantitative estimate of drug-likeness (QED) is 0.587. The van der Waals surface area contributed by atoms with Gasteiger partial charge in [-0.1, -0.05) is 35.9 Å². The first-order valence-corrected chi connectivity index (χ1v) is 8.11. The molecule has 0 spiro atoms. The summed E-state index contributed by atoms with van der Waals surface area (Å²) in [6, 6.07) is 15.4. The number of hydrogen-bond acceptors (Lipinski definition) is 5. The van der Waals surface area contributed by atoms with Gasteiger partial charge in [0.15, 0.2) is 11.6 Å². The van der Waals surface area contributed by atoms with E-state index >= 15 is 0 Å². The molecule has 25 heavy (non-hydrogen) atoms. The number of nitrogens with zero attached hydrogens (tertiary/aromatic N) is 4. The summed E-state index contributed by atoms with van der Waals surface area (Å²) in [5, 5.41) is 3.95. The number of imidazole rings is 1. The maximum Gasteiger partial charge on any atom is 0.167 e. The molecule has 7 heteroatoms. The van der Waals surface area contributed by atoms with Gasteiger partial charge in [-0.15, -0.1) is 0 Å². The zero-order valence-corrected chi connectivity index (χ0v) is 14.0. The number of para-hydroxylation sites is 2. The summed E-state index contributed by atoms with van der Waals surface area (Å²) in [6.07, 6.45) is 3.21. The van der Waals surface area contributed by atoms with Gasteiger partial charge in [0.05, 0.1) is 11.0 Å². The highest BCUT2D eigenvalue weighted by molar-refractivity contribution is 6.30. The molecule has 0 bridgehead atoms. The number of rotatable bonds is 4. The highest BCUT2D eigenvalue weighted by Gasteiger charge is 2.12. The molecular weight excluding hydrogens is 336 g/mol. The van der Waals surface area contributed by atoms with Crippen molar-refractivity contribution in [2.24, 2.45) is 0 Å². The van der Waals surface area contributed by atoms with Crippen molar-refractivity contribution in [3.63, 3.8) is 0 Å². The number of anilines is 2. The van der Waals surface area contributed by atoms with Crippen LogP contribution in [-0.2, 0) is 6.54 Å². The van der Waals surface area contributed by atoms with Crippen LogP contribution in [0.15, 0.2) is 61.2 Å². The summed E-state index contributed by atoms with van der Waals surface area (Å²) in [6.45, 7) is 0.586. The van der Waals surface area contributed by atoms with Gasteiger partial charge in [0.2, 0.25) is 0 Å². The molecule has 0 radical (unpaired) electrons. The van der Waals surface area contributed by atoms with Crippen LogP contribution in [0.3, 0.4) is 0 Å². The monoisotopic (exact) mass is 350 g/mol. The first-order valence-electron chi connectivity index (χ1n) is 7.73. The Morgan fingerprint density at radius 3 is 2.64 bits per heavy atom. The number of nitrogens with one attached hydrogen (secondary N) is 1. The Morgan fingerprint density at radius 2 is 1.80 bits per heavy atom. The van der Waals surface area contributed by atoms with Crippen LogP contribution in [0.4, 0.5) is 11.5 Å². The second-order valence-electron chi connectivity index (χ2n) is 5.54. The standard InChI is InChI=1S/C18H15ClN6/c19-13-7-5-12(6-8-13)9-21-17-16(20)18(23-10-22-17)25-11-24-14-3-1-2-4-15(14)25/h1-8,10-11H,9,20H2,(H,21,22,23). The molecular formula is C18H15ClN6. The number of fused-ring (bicyclic) bond motifs is 1. The molecule has 124 valence electrons. The Bertz CT molecular complexity index is 1030. The summed E-state index contributed by atoms with van der Waals surface area (Å²) < 4.78 is 1.86. The molecule has 2 aromatic carbocycles. The van der Waals surface area contributed by atoms with Crippen molar-refractivity contribution in [2.45, 2.75) is 6.54 Å². The van der Waals surface area contributed by atoms with E-state index in [1.54, 1.807) is 6.33 Å². The topological polar surface area (TPSA) is 81.6 Å². The molecule has 0 unspecified atom stereocenters. The van der Waals surface area contributed by atoms with Crippen LogP contribution in [-0.4, -0.2) is 19.5 Å². The number of benzene rings is 2. The third-order valence-corrected chi connectivity index (χ3v) is 4.17. The van der Waals surface area contributed by atoms with E-state index in [0.29, 0.717) is 28.9 Å². The second kappa shape index (κ2) is 6.41. The molecule has 0 atom stereocenters. The van der Waals surface area contributed by atoms with Gasteiger partial charge in [-0.25, -0.2) is 15.0 Å². The molecule has 4 aromatic rings. The third-order valence-electron chi connectivity index (χ3n) is 3.92. The molecule has 3 N–H and O–H groups in total. The van der Waals surface area contributed by atoms with E-state index in [1.807, 2.05) is 53.1 Å². The predicted molar refractivity (Wildman–Crippen MR) is 99.9 cm³/mol. The summed E-state index contributed by atoms with van der Waals surface area (Å²) >= 11 is 5.91. The zero-order valence-electron chi connectivity index (χ0n) is 13.2. The fourth-order valence-electron chi connectivity index (χ4n) is 2.64. The number of nitrogens with two attached hydrogens (primary N) is 1. The largest absolute Gasteiger partial charge is 0.393 e. The van der Waals surface area contributed by atoms with E-state index in [-0.39, 0.29) is 0 Å². The maximum atomic E-state index is 6.30. The average molecular weight is 351 g/mol. The lowest BCUT2D eigenvalue weighted by Gasteiger charge is -2.12. The molecule has 2 heterocycles. The predicted octanol–water partition coefficient (Wildman–Crippen LogP) is 3.66. The minimum Gasteiger partial charge on any atom is -0.393 e. The minimum absolute atomic E-state index is 0.472. The van der Waals surface area contributed by atoms with Gasteiger partial charge < -0.3 is 11.1 Å². The number of halogens is 1. The van der Waals surface area contributed by atoms with Crippen LogP contribution in [0.1, 0.15) is 5.56 Å². The van der Waals surface area contributed by atoms with E-state index in [4.69, 9.17) is 17.3 Å². The molecule has 0 aliphatic carbocycles. The Morgan fingerprint density at radius 1 is 1.00 bits per heavy atom. The normalized spacial score (nSPS) is 10.9. The summed E-state index contributed by atoms with van der Waals surface area (Å²) in [7, 11) is 0. The number of nitrogen functional groups attached to an aromatic ring is 1. The highest BCUT2D eigenvalue weighted by atomic mass is 35.5. The second-order valence-corrected chi connectivity index (χ2v) is 5.98. The lowest BCUT2D eigenvalue weighted by molar-refractivity contribution is 0.991. The number of hydrogen-bond donors (Lipinski definition) is 2. The van der Waals surface area contributed by atoms with Crippen LogP contribution in [0.5, 0.6) is 0 Å². The summed E-state index contributed by atoms with van der Waals surface area (Å²) in [4.78, 5) is 13.0. The Balaban J connectivity index is 1.65. The van der Waals surface area contributed by atoms with E-state index in [2.05, 4.69) is 20.3 Å². The van der Waals surface area contributed by atoms with Crippen LogP contribution in [0.25, 0.3) is 16.9 Å². The number of aromatic nitrogens is 4. The summed E-state index contributed by atoms with van der Waals surface area (Å²) in [5.74, 6) is 1.18. The minimum atomic E-state index is 0.472. The fraction of sp³-hybridized carbons (Fsp3) is 0.0556. The first-order chi connectivity index (χ1) is 12.2. The molecule has 0 saturated carbocycles. The van der Waals surface area contributed by atoms with Crippen molar-refractivity contribution in [1.29, 1.82) is 0 Å². The smallest absolute Gasteiger partial charge is 0.167 e. The lowest BCUT2D eigenvalue weighted by atomic mass is 10.2. The SMILES string of the molecule is Nc1c(NCc2ccc(Cl)cc2)ncnc1-n1cnc2ccccc21. The van der Waals surface area contributed by atoms with E-state index in [1.165, 1.54) is 6.33 Å². The van der Waals surface area contributed by atoms with Gasteiger partial charge in [0.1, 0.15) is 18.3 Å². The van der Waals surface area contributed by atoms with Gasteiger partial charge in [-0.05, 0) is 29.8 Å². The molecule has 6 nitrogen and oxygen atoms in total. The highest BCUT2D eigenvalue weighted by Crippen LogP contribution is 2.25. The van der Waals surface area contributed by atoms with Crippen LogP contribution < -0.4 is 11.1 Å².